The van der Waals surface area contributed by atoms with Gasteiger partial charge in [-0.05, 0) is 39.3 Å². The van der Waals surface area contributed by atoms with E-state index in [1.54, 1.807) is 7.05 Å². The van der Waals surface area contributed by atoms with Gasteiger partial charge in [-0.3, -0.25) is 4.99 Å². The standard InChI is InChI=1S/C19H35N5O2/c1-8-10-15(22-18(25)26-19(2,3)4)13-21-17(20-5)24(7)14-16-11-9-12-23(16)6/h9,11-12,15H,8,10,13-14H2,1-7H3,(H,20,21)(H,22,25). The summed E-state index contributed by atoms with van der Waals surface area (Å²) in [6.07, 6.45) is 3.48. The van der Waals surface area contributed by atoms with Crippen molar-refractivity contribution in [1.82, 2.24) is 20.1 Å². The van der Waals surface area contributed by atoms with Crippen molar-refractivity contribution in [2.45, 2.75) is 58.7 Å². The Balaban J connectivity index is 2.59. The highest BCUT2D eigenvalue weighted by atomic mass is 16.6. The van der Waals surface area contributed by atoms with E-state index in [0.29, 0.717) is 6.54 Å². The Morgan fingerprint density at radius 3 is 2.62 bits per heavy atom. The second kappa shape index (κ2) is 10.1. The summed E-state index contributed by atoms with van der Waals surface area (Å²) in [5.74, 6) is 0.790. The third-order valence-corrected chi connectivity index (χ3v) is 3.89. The molecule has 0 aliphatic rings. The molecule has 0 fully saturated rings. The van der Waals surface area contributed by atoms with Crippen LogP contribution in [0.25, 0.3) is 0 Å². The smallest absolute Gasteiger partial charge is 0.407 e. The molecule has 2 N–H and O–H groups in total. The number of alkyl carbamates (subject to hydrolysis) is 1. The van der Waals surface area contributed by atoms with Gasteiger partial charge in [0.1, 0.15) is 5.60 Å². The molecule has 0 bridgehead atoms. The van der Waals surface area contributed by atoms with Gasteiger partial charge in [0, 0.05) is 45.6 Å². The molecular weight excluding hydrogens is 330 g/mol. The molecule has 7 heteroatoms. The lowest BCUT2D eigenvalue weighted by Gasteiger charge is -2.26. The summed E-state index contributed by atoms with van der Waals surface area (Å²) in [5.41, 5.74) is 0.701. The summed E-state index contributed by atoms with van der Waals surface area (Å²) in [6.45, 7) is 9.03. The predicted molar refractivity (Wildman–Crippen MR) is 106 cm³/mol. The molecule has 7 nitrogen and oxygen atoms in total. The largest absolute Gasteiger partial charge is 0.444 e. The van der Waals surface area contributed by atoms with Crippen molar-refractivity contribution in [3.05, 3.63) is 24.0 Å². The van der Waals surface area contributed by atoms with Crippen LogP contribution in [-0.4, -0.2) is 53.8 Å². The number of ether oxygens (including phenoxy) is 1. The summed E-state index contributed by atoms with van der Waals surface area (Å²) in [4.78, 5) is 18.4. The number of guanidine groups is 1. The summed E-state index contributed by atoms with van der Waals surface area (Å²) in [5, 5.41) is 6.30. The van der Waals surface area contributed by atoms with Crippen molar-refractivity contribution in [1.29, 1.82) is 0 Å². The van der Waals surface area contributed by atoms with Crippen molar-refractivity contribution in [2.24, 2.45) is 12.0 Å². The molecular formula is C19H35N5O2. The van der Waals surface area contributed by atoms with E-state index in [9.17, 15) is 4.79 Å². The van der Waals surface area contributed by atoms with Crippen LogP contribution in [0, 0.1) is 0 Å². The van der Waals surface area contributed by atoms with Crippen LogP contribution in [0.5, 0.6) is 0 Å². The highest BCUT2D eigenvalue weighted by Crippen LogP contribution is 2.08. The van der Waals surface area contributed by atoms with Crippen molar-refractivity contribution in [3.8, 4) is 0 Å². The summed E-state index contributed by atoms with van der Waals surface area (Å²) >= 11 is 0. The first-order chi connectivity index (χ1) is 12.2. The fourth-order valence-electron chi connectivity index (χ4n) is 2.63. The van der Waals surface area contributed by atoms with E-state index in [1.807, 2.05) is 47.1 Å². The summed E-state index contributed by atoms with van der Waals surface area (Å²) in [6, 6.07) is 4.10. The number of hydrogen-bond donors (Lipinski definition) is 2. The highest BCUT2D eigenvalue weighted by Gasteiger charge is 2.19. The second-order valence-electron chi connectivity index (χ2n) is 7.53. The van der Waals surface area contributed by atoms with Gasteiger partial charge in [0.2, 0.25) is 0 Å². The zero-order valence-corrected chi connectivity index (χ0v) is 17.3. The third-order valence-electron chi connectivity index (χ3n) is 3.89. The van der Waals surface area contributed by atoms with Crippen molar-refractivity contribution in [2.75, 3.05) is 20.6 Å². The Bertz CT molecular complexity index is 589. The fourth-order valence-corrected chi connectivity index (χ4v) is 2.63. The maximum atomic E-state index is 12.0. The van der Waals surface area contributed by atoms with Gasteiger partial charge in [-0.15, -0.1) is 0 Å². The molecule has 0 saturated heterocycles. The molecule has 1 amide bonds. The Morgan fingerprint density at radius 2 is 2.12 bits per heavy atom. The molecule has 26 heavy (non-hydrogen) atoms. The van der Waals surface area contributed by atoms with Crippen LogP contribution in [-0.2, 0) is 18.3 Å². The maximum Gasteiger partial charge on any atom is 0.407 e. The average Bonchev–Trinajstić information content (AvgIpc) is 2.91. The fraction of sp³-hybridized carbons (Fsp3) is 0.684. The molecule has 148 valence electrons. The van der Waals surface area contributed by atoms with Gasteiger partial charge in [0.05, 0.1) is 6.54 Å². The number of aliphatic imine (C=N–C) groups is 1. The van der Waals surface area contributed by atoms with Crippen LogP contribution in [0.15, 0.2) is 23.3 Å². The topological polar surface area (TPSA) is 70.9 Å². The minimum atomic E-state index is -0.500. The number of carbonyl (C=O) groups is 1. The van der Waals surface area contributed by atoms with Gasteiger partial charge in [0.25, 0.3) is 0 Å². The zero-order chi connectivity index (χ0) is 19.7. The van der Waals surface area contributed by atoms with Gasteiger partial charge in [-0.25, -0.2) is 4.79 Å². The molecule has 0 aromatic carbocycles. The van der Waals surface area contributed by atoms with Crippen molar-refractivity contribution < 1.29 is 9.53 Å². The molecule has 1 aromatic heterocycles. The number of carbonyl (C=O) groups excluding carboxylic acids is 1. The van der Waals surface area contributed by atoms with E-state index < -0.39 is 5.60 Å². The molecule has 1 heterocycles. The van der Waals surface area contributed by atoms with Gasteiger partial charge in [-0.1, -0.05) is 13.3 Å². The van der Waals surface area contributed by atoms with Gasteiger partial charge in [-0.2, -0.15) is 0 Å². The Labute approximate surface area is 157 Å². The molecule has 0 aliphatic carbocycles. The monoisotopic (exact) mass is 365 g/mol. The van der Waals surface area contributed by atoms with Crippen LogP contribution in [0.3, 0.4) is 0 Å². The molecule has 0 radical (unpaired) electrons. The predicted octanol–water partition coefficient (Wildman–Crippen LogP) is 2.73. The first kappa shape index (κ1) is 21.9. The van der Waals surface area contributed by atoms with Gasteiger partial charge >= 0.3 is 6.09 Å². The van der Waals surface area contributed by atoms with Crippen LogP contribution < -0.4 is 10.6 Å². The SMILES string of the molecule is CCCC(CNC(=NC)N(C)Cc1cccn1C)NC(=O)OC(C)(C)C. The lowest BCUT2D eigenvalue weighted by molar-refractivity contribution is 0.0502. The number of amides is 1. The van der Waals surface area contributed by atoms with E-state index in [1.165, 1.54) is 5.69 Å². The maximum absolute atomic E-state index is 12.0. The van der Waals surface area contributed by atoms with Gasteiger partial charge < -0.3 is 24.8 Å². The van der Waals surface area contributed by atoms with E-state index in [2.05, 4.69) is 38.1 Å². The van der Waals surface area contributed by atoms with E-state index in [4.69, 9.17) is 4.74 Å². The van der Waals surface area contributed by atoms with E-state index in [-0.39, 0.29) is 12.1 Å². The summed E-state index contributed by atoms with van der Waals surface area (Å²) in [7, 11) is 5.79. The number of rotatable bonds is 7. The van der Waals surface area contributed by atoms with Crippen LogP contribution in [0.1, 0.15) is 46.2 Å². The first-order valence-corrected chi connectivity index (χ1v) is 9.17. The third kappa shape index (κ3) is 7.80. The van der Waals surface area contributed by atoms with Crippen LogP contribution in [0.2, 0.25) is 0 Å². The quantitative estimate of drug-likeness (QED) is 0.576. The number of aryl methyl sites for hydroxylation is 1. The molecule has 0 spiro atoms. The molecule has 1 atom stereocenters. The van der Waals surface area contributed by atoms with Crippen LogP contribution >= 0.6 is 0 Å². The molecule has 1 rings (SSSR count). The average molecular weight is 366 g/mol. The summed E-state index contributed by atoms with van der Waals surface area (Å²) < 4.78 is 7.45. The lowest BCUT2D eigenvalue weighted by Crippen LogP contribution is -2.48. The lowest BCUT2D eigenvalue weighted by atomic mass is 10.1. The minimum absolute atomic E-state index is 0.0185. The Hall–Kier alpha value is -2.18. The Kier molecular flexibility index (Phi) is 8.48. The Morgan fingerprint density at radius 1 is 1.42 bits per heavy atom. The van der Waals surface area contributed by atoms with Crippen LogP contribution in [0.4, 0.5) is 4.79 Å². The molecule has 1 aromatic rings. The number of nitrogens with one attached hydrogen (secondary N) is 2. The zero-order valence-electron chi connectivity index (χ0n) is 17.3. The highest BCUT2D eigenvalue weighted by molar-refractivity contribution is 5.79. The molecule has 1 unspecified atom stereocenters. The minimum Gasteiger partial charge on any atom is -0.444 e. The second-order valence-corrected chi connectivity index (χ2v) is 7.53. The normalized spacial score (nSPS) is 13.3. The number of aromatic nitrogens is 1. The molecule has 0 aliphatic heterocycles. The van der Waals surface area contributed by atoms with Crippen molar-refractivity contribution in [3.63, 3.8) is 0 Å². The number of nitrogens with zero attached hydrogens (tertiary/aromatic N) is 3. The van der Waals surface area contributed by atoms with Crippen molar-refractivity contribution >= 4 is 12.1 Å². The number of hydrogen-bond acceptors (Lipinski definition) is 3. The van der Waals surface area contributed by atoms with E-state index >= 15 is 0 Å². The van der Waals surface area contributed by atoms with Gasteiger partial charge in [0.15, 0.2) is 5.96 Å². The molecule has 0 saturated carbocycles. The first-order valence-electron chi connectivity index (χ1n) is 9.17. The van der Waals surface area contributed by atoms with E-state index in [0.717, 1.165) is 25.3 Å².